The molecule has 2 N–H and O–H groups in total. The fourth-order valence-corrected chi connectivity index (χ4v) is 4.92. The van der Waals surface area contributed by atoms with Crippen LogP contribution in [0.2, 0.25) is 0 Å². The fraction of sp³-hybridized carbons (Fsp3) is 0.172. The van der Waals surface area contributed by atoms with Crippen molar-refractivity contribution in [3.8, 4) is 11.5 Å². The number of barbiturate groups is 1. The number of nitrogens with one attached hydrogen (secondary N) is 2. The first-order valence-electron chi connectivity index (χ1n) is 12.6. The van der Waals surface area contributed by atoms with E-state index in [1.165, 1.54) is 18.2 Å². The van der Waals surface area contributed by atoms with E-state index in [4.69, 9.17) is 9.47 Å². The number of nitro benzene ring substituents is 1. The van der Waals surface area contributed by atoms with Crippen LogP contribution in [0, 0.1) is 27.5 Å². The van der Waals surface area contributed by atoms with Gasteiger partial charge in [0.2, 0.25) is 0 Å². The SMILES string of the molecule is CCOc1cc(/C=C2/C(=O)NC(=O)N(c3ccc([N+](=O)[O-])cc3)C2=O)cc(I)c1OCC(=O)Nc1ccc(C)cc1C. The number of anilines is 2. The van der Waals surface area contributed by atoms with Crippen LogP contribution in [-0.4, -0.2) is 41.9 Å². The Morgan fingerprint density at radius 2 is 1.79 bits per heavy atom. The van der Waals surface area contributed by atoms with Crippen LogP contribution in [0.4, 0.5) is 21.9 Å². The van der Waals surface area contributed by atoms with Crippen LogP contribution in [0.1, 0.15) is 23.6 Å². The number of rotatable bonds is 9. The first kappa shape index (κ1) is 30.2. The van der Waals surface area contributed by atoms with E-state index >= 15 is 0 Å². The highest BCUT2D eigenvalue weighted by Gasteiger charge is 2.37. The third-order valence-corrected chi connectivity index (χ3v) is 6.87. The number of nitrogens with zero attached hydrogens (tertiary/aromatic N) is 2. The molecule has 0 unspecified atom stereocenters. The maximum atomic E-state index is 13.2. The number of nitro groups is 1. The largest absolute Gasteiger partial charge is 0.490 e. The van der Waals surface area contributed by atoms with Gasteiger partial charge >= 0.3 is 6.03 Å². The molecule has 13 heteroatoms. The number of urea groups is 1. The van der Waals surface area contributed by atoms with Gasteiger partial charge in [0.1, 0.15) is 5.57 Å². The van der Waals surface area contributed by atoms with Crippen molar-refractivity contribution in [2.24, 2.45) is 0 Å². The average molecular weight is 684 g/mol. The molecular formula is C29H25IN4O8. The third kappa shape index (κ3) is 6.74. The van der Waals surface area contributed by atoms with Crippen LogP contribution in [-0.2, 0) is 14.4 Å². The molecule has 0 saturated carbocycles. The van der Waals surface area contributed by atoms with Crippen LogP contribution in [0.15, 0.2) is 60.2 Å². The standard InChI is InChI=1S/C29H25IN4O8/c1-4-41-24-14-18(13-22(30)26(24)42-15-25(35)31-23-10-5-16(2)11-17(23)3)12-21-27(36)32-29(38)33(28(21)37)19-6-8-20(9-7-19)34(39)40/h5-14H,4,15H2,1-3H3,(H,31,35)(H,32,36,38)/b21-12-. The Kier molecular flexibility index (Phi) is 9.20. The Morgan fingerprint density at radius 1 is 1.07 bits per heavy atom. The Hall–Kier alpha value is -4.79. The number of halogens is 1. The normalized spacial score (nSPS) is 14.0. The molecule has 0 radical (unpaired) electrons. The molecule has 1 fully saturated rings. The monoisotopic (exact) mass is 684 g/mol. The van der Waals surface area contributed by atoms with Crippen LogP contribution < -0.4 is 25.0 Å². The number of imide groups is 2. The molecule has 5 amide bonds. The van der Waals surface area contributed by atoms with E-state index in [2.05, 4.69) is 10.6 Å². The minimum atomic E-state index is -0.983. The topological polar surface area (TPSA) is 157 Å². The highest BCUT2D eigenvalue weighted by Crippen LogP contribution is 2.35. The number of hydrogen-bond acceptors (Lipinski definition) is 8. The Bertz CT molecular complexity index is 1640. The molecule has 1 saturated heterocycles. The summed E-state index contributed by atoms with van der Waals surface area (Å²) in [6, 6.07) is 12.6. The molecule has 0 aliphatic carbocycles. The minimum absolute atomic E-state index is 0.0499. The van der Waals surface area contributed by atoms with Crippen molar-refractivity contribution in [2.75, 3.05) is 23.4 Å². The van der Waals surface area contributed by atoms with E-state index in [0.29, 0.717) is 20.6 Å². The second kappa shape index (κ2) is 12.8. The lowest BCUT2D eigenvalue weighted by Crippen LogP contribution is -2.54. The summed E-state index contributed by atoms with van der Waals surface area (Å²) >= 11 is 1.99. The lowest BCUT2D eigenvalue weighted by Gasteiger charge is -2.26. The predicted molar refractivity (Wildman–Crippen MR) is 162 cm³/mol. The number of ether oxygens (including phenoxy) is 2. The number of carbonyl (C=O) groups is 4. The van der Waals surface area contributed by atoms with Gasteiger partial charge in [0.15, 0.2) is 18.1 Å². The van der Waals surface area contributed by atoms with Crippen molar-refractivity contribution in [1.29, 1.82) is 0 Å². The minimum Gasteiger partial charge on any atom is -0.490 e. The summed E-state index contributed by atoms with van der Waals surface area (Å²) in [4.78, 5) is 62.0. The number of carbonyl (C=O) groups excluding carboxylic acids is 4. The summed E-state index contributed by atoms with van der Waals surface area (Å²) in [7, 11) is 0. The molecule has 216 valence electrons. The van der Waals surface area contributed by atoms with Crippen molar-refractivity contribution in [3.05, 3.63) is 90.5 Å². The molecule has 1 aliphatic heterocycles. The number of benzene rings is 3. The molecule has 4 rings (SSSR count). The van der Waals surface area contributed by atoms with Gasteiger partial charge in [-0.25, -0.2) is 9.69 Å². The summed E-state index contributed by atoms with van der Waals surface area (Å²) in [6.45, 7) is 5.59. The summed E-state index contributed by atoms with van der Waals surface area (Å²) in [5, 5.41) is 15.9. The Labute approximate surface area is 254 Å². The number of hydrogen-bond donors (Lipinski definition) is 2. The van der Waals surface area contributed by atoms with Gasteiger partial charge in [0, 0.05) is 17.8 Å². The van der Waals surface area contributed by atoms with Crippen molar-refractivity contribution >= 4 is 69.5 Å². The summed E-state index contributed by atoms with van der Waals surface area (Å²) in [5.41, 5.74) is 2.55. The van der Waals surface area contributed by atoms with Crippen molar-refractivity contribution < 1.29 is 33.6 Å². The molecule has 0 bridgehead atoms. The molecule has 0 atom stereocenters. The maximum Gasteiger partial charge on any atom is 0.335 e. The number of non-ortho nitro benzene ring substituents is 1. The first-order chi connectivity index (χ1) is 20.0. The second-order valence-electron chi connectivity index (χ2n) is 9.15. The van der Waals surface area contributed by atoms with E-state index in [1.807, 2.05) is 54.6 Å². The lowest BCUT2D eigenvalue weighted by atomic mass is 10.1. The summed E-state index contributed by atoms with van der Waals surface area (Å²) in [6.07, 6.45) is 1.30. The number of amides is 5. The van der Waals surface area contributed by atoms with Crippen LogP contribution in [0.25, 0.3) is 6.08 Å². The van der Waals surface area contributed by atoms with Gasteiger partial charge in [-0.1, -0.05) is 17.7 Å². The van der Waals surface area contributed by atoms with E-state index < -0.39 is 22.8 Å². The molecule has 0 aromatic heterocycles. The quantitative estimate of drug-likeness (QED) is 0.106. The molecule has 1 aliphatic rings. The van der Waals surface area contributed by atoms with Gasteiger partial charge in [-0.3, -0.25) is 29.8 Å². The first-order valence-corrected chi connectivity index (χ1v) is 13.7. The smallest absolute Gasteiger partial charge is 0.335 e. The van der Waals surface area contributed by atoms with Crippen molar-refractivity contribution in [1.82, 2.24) is 5.32 Å². The molecule has 3 aromatic carbocycles. The maximum absolute atomic E-state index is 13.2. The molecular weight excluding hydrogens is 659 g/mol. The molecule has 42 heavy (non-hydrogen) atoms. The van der Waals surface area contributed by atoms with Crippen molar-refractivity contribution in [2.45, 2.75) is 20.8 Å². The fourth-order valence-electron chi connectivity index (χ4n) is 4.13. The highest BCUT2D eigenvalue weighted by atomic mass is 127. The Balaban J connectivity index is 1.57. The van der Waals surface area contributed by atoms with Crippen LogP contribution in [0.3, 0.4) is 0 Å². The van der Waals surface area contributed by atoms with E-state index in [9.17, 15) is 29.3 Å². The molecule has 1 heterocycles. The zero-order valence-corrected chi connectivity index (χ0v) is 24.9. The van der Waals surface area contributed by atoms with Gasteiger partial charge in [-0.2, -0.15) is 0 Å². The second-order valence-corrected chi connectivity index (χ2v) is 10.3. The van der Waals surface area contributed by atoms with Gasteiger partial charge in [-0.05, 0) is 90.9 Å². The van der Waals surface area contributed by atoms with Gasteiger partial charge in [0.05, 0.1) is 20.8 Å². The molecule has 12 nitrogen and oxygen atoms in total. The van der Waals surface area contributed by atoms with Gasteiger partial charge in [-0.15, -0.1) is 0 Å². The Morgan fingerprint density at radius 3 is 2.43 bits per heavy atom. The zero-order valence-electron chi connectivity index (χ0n) is 22.7. The highest BCUT2D eigenvalue weighted by molar-refractivity contribution is 14.1. The average Bonchev–Trinajstić information content (AvgIpc) is 2.92. The zero-order chi connectivity index (χ0) is 30.6. The van der Waals surface area contributed by atoms with Gasteiger partial charge < -0.3 is 14.8 Å². The van der Waals surface area contributed by atoms with E-state index in [0.717, 1.165) is 28.2 Å². The van der Waals surface area contributed by atoms with Crippen LogP contribution >= 0.6 is 22.6 Å². The van der Waals surface area contributed by atoms with Crippen molar-refractivity contribution in [3.63, 3.8) is 0 Å². The van der Waals surface area contributed by atoms with Gasteiger partial charge in [0.25, 0.3) is 23.4 Å². The summed E-state index contributed by atoms with van der Waals surface area (Å²) < 4.78 is 12.1. The van der Waals surface area contributed by atoms with E-state index in [1.54, 1.807) is 19.1 Å². The molecule has 3 aromatic rings. The number of aryl methyl sites for hydroxylation is 2. The summed E-state index contributed by atoms with van der Waals surface area (Å²) in [5.74, 6) is -1.60. The molecule has 0 spiro atoms. The van der Waals surface area contributed by atoms with E-state index in [-0.39, 0.29) is 41.8 Å². The van der Waals surface area contributed by atoms with Crippen LogP contribution in [0.5, 0.6) is 11.5 Å². The lowest BCUT2D eigenvalue weighted by molar-refractivity contribution is -0.384. The third-order valence-electron chi connectivity index (χ3n) is 6.07. The predicted octanol–water partition coefficient (Wildman–Crippen LogP) is 4.90.